The maximum absolute atomic E-state index is 14.5. The van der Waals surface area contributed by atoms with Crippen LogP contribution in [0.4, 0.5) is 5.69 Å². The van der Waals surface area contributed by atoms with Crippen LogP contribution in [-0.4, -0.2) is 44.3 Å². The van der Waals surface area contributed by atoms with E-state index in [1.165, 1.54) is 21.3 Å². The van der Waals surface area contributed by atoms with Crippen LogP contribution in [0, 0.1) is 6.92 Å². The number of hydrogen-bond acceptors (Lipinski definition) is 4. The highest BCUT2D eigenvalue weighted by Gasteiger charge is 2.35. The molecule has 0 saturated carbocycles. The highest BCUT2D eigenvalue weighted by atomic mass is 32.2. The number of carbonyl (C=O) groups excluding carboxylic acids is 2. The summed E-state index contributed by atoms with van der Waals surface area (Å²) >= 11 is 0. The quantitative estimate of drug-likeness (QED) is 0.192. The Morgan fingerprint density at radius 2 is 1.43 bits per heavy atom. The summed E-state index contributed by atoms with van der Waals surface area (Å²) in [7, 11) is -4.13. The third kappa shape index (κ3) is 8.14. The van der Waals surface area contributed by atoms with E-state index < -0.39 is 28.5 Å². The van der Waals surface area contributed by atoms with E-state index in [1.807, 2.05) is 87.5 Å². The molecule has 0 aliphatic rings. The molecule has 7 nitrogen and oxygen atoms in total. The van der Waals surface area contributed by atoms with Gasteiger partial charge in [0.25, 0.3) is 10.0 Å². The molecule has 0 saturated heterocycles. The van der Waals surface area contributed by atoms with Crippen molar-refractivity contribution < 1.29 is 18.0 Å². The molecular formula is C36H41N3O4S. The lowest BCUT2D eigenvalue weighted by molar-refractivity contribution is -0.140. The van der Waals surface area contributed by atoms with Gasteiger partial charge in [0.15, 0.2) is 0 Å². The molecule has 0 bridgehead atoms. The van der Waals surface area contributed by atoms with Crippen LogP contribution in [0.5, 0.6) is 0 Å². The van der Waals surface area contributed by atoms with Crippen molar-refractivity contribution in [2.24, 2.45) is 0 Å². The lowest BCUT2D eigenvalue weighted by Crippen LogP contribution is -2.53. The number of amides is 2. The molecule has 1 atom stereocenters. The maximum atomic E-state index is 14.5. The van der Waals surface area contributed by atoms with E-state index in [0.29, 0.717) is 18.7 Å². The standard InChI is InChI=1S/C36H41N3O4S/c1-4-23-37-36(41)34(25-29-16-8-6-9-17-29)38(26-30-18-14-15-28(3)24-30)35(40)27-39(33-22-13-12-19-31(33)5-2)44(42,43)32-20-10-7-11-21-32/h6-22,24,34H,4-5,23,25-27H2,1-3H3,(H,37,41)/t34-/m0/s1. The molecular weight excluding hydrogens is 570 g/mol. The Kier molecular flexibility index (Phi) is 11.3. The van der Waals surface area contributed by atoms with Gasteiger partial charge < -0.3 is 10.2 Å². The zero-order valence-electron chi connectivity index (χ0n) is 25.6. The zero-order valence-corrected chi connectivity index (χ0v) is 26.5. The Morgan fingerprint density at radius 3 is 2.09 bits per heavy atom. The smallest absolute Gasteiger partial charge is 0.264 e. The molecule has 4 aromatic carbocycles. The van der Waals surface area contributed by atoms with E-state index in [2.05, 4.69) is 5.32 Å². The molecule has 1 N–H and O–H groups in total. The number of para-hydroxylation sites is 1. The summed E-state index contributed by atoms with van der Waals surface area (Å²) in [5.41, 5.74) is 4.02. The number of rotatable bonds is 14. The summed E-state index contributed by atoms with van der Waals surface area (Å²) in [5.74, 6) is -0.743. The second kappa shape index (κ2) is 15.3. The monoisotopic (exact) mass is 611 g/mol. The minimum atomic E-state index is -4.13. The summed E-state index contributed by atoms with van der Waals surface area (Å²) in [5, 5.41) is 2.98. The lowest BCUT2D eigenvalue weighted by Gasteiger charge is -2.34. The van der Waals surface area contributed by atoms with Crippen LogP contribution in [0.15, 0.2) is 114 Å². The number of anilines is 1. The molecule has 2 amide bonds. The van der Waals surface area contributed by atoms with Crippen LogP contribution >= 0.6 is 0 Å². The molecule has 0 radical (unpaired) electrons. The van der Waals surface area contributed by atoms with Gasteiger partial charge in [-0.05, 0) is 54.7 Å². The van der Waals surface area contributed by atoms with Gasteiger partial charge in [0, 0.05) is 19.5 Å². The number of benzene rings is 4. The molecule has 230 valence electrons. The van der Waals surface area contributed by atoms with E-state index in [0.717, 1.165) is 28.7 Å². The van der Waals surface area contributed by atoms with E-state index in [4.69, 9.17) is 0 Å². The largest absolute Gasteiger partial charge is 0.354 e. The summed E-state index contributed by atoms with van der Waals surface area (Å²) in [4.78, 5) is 29.9. The molecule has 0 aliphatic carbocycles. The Balaban J connectivity index is 1.82. The first-order valence-corrected chi connectivity index (χ1v) is 16.5. The predicted octanol–water partition coefficient (Wildman–Crippen LogP) is 5.92. The molecule has 4 aromatic rings. The van der Waals surface area contributed by atoms with Crippen molar-refractivity contribution >= 4 is 27.5 Å². The van der Waals surface area contributed by atoms with E-state index in [1.54, 1.807) is 30.3 Å². The molecule has 0 unspecified atom stereocenters. The molecule has 0 heterocycles. The van der Waals surface area contributed by atoms with Gasteiger partial charge in [-0.15, -0.1) is 0 Å². The van der Waals surface area contributed by atoms with Crippen molar-refractivity contribution in [1.82, 2.24) is 10.2 Å². The van der Waals surface area contributed by atoms with Crippen LogP contribution in [0.1, 0.15) is 42.5 Å². The van der Waals surface area contributed by atoms with Crippen LogP contribution in [0.3, 0.4) is 0 Å². The lowest BCUT2D eigenvalue weighted by atomic mass is 10.0. The number of nitrogens with zero attached hydrogens (tertiary/aromatic N) is 2. The highest BCUT2D eigenvalue weighted by Crippen LogP contribution is 2.28. The molecule has 4 rings (SSSR count). The fourth-order valence-corrected chi connectivity index (χ4v) is 6.69. The van der Waals surface area contributed by atoms with Gasteiger partial charge in [-0.1, -0.05) is 110 Å². The zero-order chi connectivity index (χ0) is 31.5. The van der Waals surface area contributed by atoms with Crippen LogP contribution < -0.4 is 9.62 Å². The molecule has 44 heavy (non-hydrogen) atoms. The van der Waals surface area contributed by atoms with E-state index in [-0.39, 0.29) is 23.8 Å². The first-order valence-electron chi connectivity index (χ1n) is 15.1. The number of aryl methyl sites for hydroxylation is 2. The molecule has 0 spiro atoms. The Hall–Kier alpha value is -4.43. The summed E-state index contributed by atoms with van der Waals surface area (Å²) in [6, 6.07) is 31.9. The van der Waals surface area contributed by atoms with Gasteiger partial charge in [0.2, 0.25) is 11.8 Å². The fraction of sp³-hybridized carbons (Fsp3) is 0.278. The number of sulfonamides is 1. The molecule has 0 aliphatic heterocycles. The number of nitrogens with one attached hydrogen (secondary N) is 1. The van der Waals surface area contributed by atoms with E-state index in [9.17, 15) is 18.0 Å². The fourth-order valence-electron chi connectivity index (χ4n) is 5.21. The van der Waals surface area contributed by atoms with Crippen molar-refractivity contribution in [2.45, 2.75) is 57.5 Å². The summed E-state index contributed by atoms with van der Waals surface area (Å²) < 4.78 is 29.5. The summed E-state index contributed by atoms with van der Waals surface area (Å²) in [6.07, 6.45) is 1.60. The van der Waals surface area contributed by atoms with Crippen molar-refractivity contribution in [3.63, 3.8) is 0 Å². The predicted molar refractivity (Wildman–Crippen MR) is 176 cm³/mol. The Bertz CT molecular complexity index is 1640. The first kappa shape index (κ1) is 32.5. The average molecular weight is 612 g/mol. The number of hydrogen-bond donors (Lipinski definition) is 1. The maximum Gasteiger partial charge on any atom is 0.264 e. The molecule has 0 aromatic heterocycles. The minimum absolute atomic E-state index is 0.0884. The highest BCUT2D eigenvalue weighted by molar-refractivity contribution is 7.92. The van der Waals surface area contributed by atoms with Crippen molar-refractivity contribution in [1.29, 1.82) is 0 Å². The molecule has 0 fully saturated rings. The topological polar surface area (TPSA) is 86.8 Å². The van der Waals surface area contributed by atoms with Gasteiger partial charge in [0.1, 0.15) is 12.6 Å². The third-order valence-electron chi connectivity index (χ3n) is 7.51. The van der Waals surface area contributed by atoms with Gasteiger partial charge >= 0.3 is 0 Å². The summed E-state index contributed by atoms with van der Waals surface area (Å²) in [6.45, 7) is 6.04. The number of carbonyl (C=O) groups is 2. The third-order valence-corrected chi connectivity index (χ3v) is 9.28. The van der Waals surface area contributed by atoms with Crippen LogP contribution in [0.2, 0.25) is 0 Å². The minimum Gasteiger partial charge on any atom is -0.354 e. The Labute approximate surface area is 261 Å². The Morgan fingerprint density at radius 1 is 0.795 bits per heavy atom. The van der Waals surface area contributed by atoms with Gasteiger partial charge in [0.05, 0.1) is 10.6 Å². The van der Waals surface area contributed by atoms with Crippen LogP contribution in [-0.2, 0) is 39.0 Å². The van der Waals surface area contributed by atoms with E-state index >= 15 is 0 Å². The van der Waals surface area contributed by atoms with Gasteiger partial charge in [-0.25, -0.2) is 8.42 Å². The van der Waals surface area contributed by atoms with Crippen LogP contribution in [0.25, 0.3) is 0 Å². The second-order valence-corrected chi connectivity index (χ2v) is 12.7. The second-order valence-electron chi connectivity index (χ2n) is 10.8. The van der Waals surface area contributed by atoms with Crippen molar-refractivity contribution in [2.75, 3.05) is 17.4 Å². The molecule has 8 heteroatoms. The van der Waals surface area contributed by atoms with Crippen molar-refractivity contribution in [3.8, 4) is 0 Å². The van der Waals surface area contributed by atoms with Gasteiger partial charge in [-0.2, -0.15) is 0 Å². The van der Waals surface area contributed by atoms with Crippen molar-refractivity contribution in [3.05, 3.63) is 131 Å². The van der Waals surface area contributed by atoms with Gasteiger partial charge in [-0.3, -0.25) is 13.9 Å². The SMILES string of the molecule is CCCNC(=O)[C@H](Cc1ccccc1)N(Cc1cccc(C)c1)C(=O)CN(c1ccccc1CC)S(=O)(=O)c1ccccc1. The average Bonchev–Trinajstić information content (AvgIpc) is 3.04. The normalized spacial score (nSPS) is 11.9. The first-order chi connectivity index (χ1) is 21.2.